The summed E-state index contributed by atoms with van der Waals surface area (Å²) in [6.45, 7) is 6.33. The standard InChI is InChI=1S/C17H26N2OS.C2HF3O2/c1-13-18-15(10-21-13)9-20-12-17-7-3-4-14(17)8-19(11-17)16-5-2-6-16;3-2(4,5)1(6)7/h10,14,16H,2-9,11-12H2,1H3;(H,6,7)/t14-,17+;/m1./s1. The van der Waals surface area contributed by atoms with Crippen molar-refractivity contribution in [2.45, 2.75) is 64.3 Å². The first kappa shape index (κ1) is 21.5. The quantitative estimate of drug-likeness (QED) is 0.771. The summed E-state index contributed by atoms with van der Waals surface area (Å²) in [5.41, 5.74) is 1.57. The van der Waals surface area contributed by atoms with Gasteiger partial charge in [-0.2, -0.15) is 13.2 Å². The number of aliphatic carboxylic acids is 1. The van der Waals surface area contributed by atoms with Crippen LogP contribution in [0.2, 0.25) is 0 Å². The predicted octanol–water partition coefficient (Wildman–Crippen LogP) is 4.26. The molecule has 0 spiro atoms. The Hall–Kier alpha value is -1.19. The van der Waals surface area contributed by atoms with E-state index < -0.39 is 12.1 Å². The summed E-state index contributed by atoms with van der Waals surface area (Å²) in [6.07, 6.45) is 3.42. The summed E-state index contributed by atoms with van der Waals surface area (Å²) in [5, 5.41) is 10.4. The van der Waals surface area contributed by atoms with E-state index in [2.05, 4.69) is 22.2 Å². The molecular formula is C19H27F3N2O3S. The topological polar surface area (TPSA) is 62.7 Å². The first-order chi connectivity index (χ1) is 13.2. The Kier molecular flexibility index (Phi) is 6.66. The van der Waals surface area contributed by atoms with Crippen LogP contribution in [0.5, 0.6) is 0 Å². The second-order valence-corrected chi connectivity index (χ2v) is 9.18. The predicted molar refractivity (Wildman–Crippen MR) is 99.2 cm³/mol. The summed E-state index contributed by atoms with van der Waals surface area (Å²) in [6, 6.07) is 0.897. The highest BCUT2D eigenvalue weighted by molar-refractivity contribution is 7.09. The fraction of sp³-hybridized carbons (Fsp3) is 0.789. The molecule has 0 aromatic carbocycles. The van der Waals surface area contributed by atoms with E-state index in [0.29, 0.717) is 12.0 Å². The van der Waals surface area contributed by atoms with Crippen molar-refractivity contribution in [2.24, 2.45) is 11.3 Å². The molecule has 0 radical (unpaired) electrons. The normalized spacial score (nSPS) is 27.8. The molecule has 3 aliphatic rings. The molecule has 1 aromatic heterocycles. The van der Waals surface area contributed by atoms with Crippen LogP contribution in [0.4, 0.5) is 13.2 Å². The van der Waals surface area contributed by atoms with Crippen LogP contribution >= 0.6 is 11.3 Å². The Balaban J connectivity index is 0.000000279. The molecule has 2 saturated carbocycles. The van der Waals surface area contributed by atoms with E-state index in [0.717, 1.165) is 29.3 Å². The SMILES string of the molecule is Cc1nc(COC[C@@]23CCC[C@@H]2CN(C2CCC2)C3)cs1.O=C(O)C(F)(F)F. The summed E-state index contributed by atoms with van der Waals surface area (Å²) in [4.78, 5) is 16.2. The Morgan fingerprint density at radius 2 is 2.11 bits per heavy atom. The summed E-state index contributed by atoms with van der Waals surface area (Å²) in [5.74, 6) is -1.87. The van der Waals surface area contributed by atoms with Gasteiger partial charge in [-0.15, -0.1) is 11.3 Å². The van der Waals surface area contributed by atoms with Gasteiger partial charge in [0.15, 0.2) is 0 Å². The number of alkyl halides is 3. The molecule has 3 fully saturated rings. The molecule has 0 bridgehead atoms. The largest absolute Gasteiger partial charge is 0.490 e. The number of carboxylic acids is 1. The van der Waals surface area contributed by atoms with Gasteiger partial charge in [-0.25, -0.2) is 9.78 Å². The molecule has 1 aliphatic heterocycles. The number of likely N-dealkylation sites (tertiary alicyclic amines) is 1. The third-order valence-electron chi connectivity index (χ3n) is 6.21. The third-order valence-corrected chi connectivity index (χ3v) is 7.03. The van der Waals surface area contributed by atoms with Crippen LogP contribution in [0.3, 0.4) is 0 Å². The lowest BCUT2D eigenvalue weighted by Gasteiger charge is -2.36. The number of nitrogens with zero attached hydrogens (tertiary/aromatic N) is 2. The molecule has 4 rings (SSSR count). The maximum atomic E-state index is 10.6. The molecule has 1 aromatic rings. The Labute approximate surface area is 166 Å². The number of ether oxygens (including phenoxy) is 1. The molecule has 5 nitrogen and oxygen atoms in total. The van der Waals surface area contributed by atoms with Crippen LogP contribution in [0.1, 0.15) is 49.2 Å². The second-order valence-electron chi connectivity index (χ2n) is 8.12. The molecule has 1 N–H and O–H groups in total. The molecule has 28 heavy (non-hydrogen) atoms. The van der Waals surface area contributed by atoms with Gasteiger partial charge < -0.3 is 9.84 Å². The lowest BCUT2D eigenvalue weighted by atomic mass is 9.81. The van der Waals surface area contributed by atoms with Crippen molar-refractivity contribution in [1.82, 2.24) is 9.88 Å². The molecule has 2 heterocycles. The van der Waals surface area contributed by atoms with E-state index >= 15 is 0 Å². The maximum Gasteiger partial charge on any atom is 0.490 e. The van der Waals surface area contributed by atoms with E-state index in [1.54, 1.807) is 11.3 Å². The summed E-state index contributed by atoms with van der Waals surface area (Å²) in [7, 11) is 0. The zero-order valence-corrected chi connectivity index (χ0v) is 16.8. The minimum absolute atomic E-state index is 0.459. The van der Waals surface area contributed by atoms with Gasteiger partial charge in [-0.1, -0.05) is 12.8 Å². The third kappa shape index (κ3) is 5.04. The van der Waals surface area contributed by atoms with Crippen LogP contribution in [0.15, 0.2) is 5.38 Å². The van der Waals surface area contributed by atoms with E-state index in [-0.39, 0.29) is 0 Å². The molecular weight excluding hydrogens is 393 g/mol. The van der Waals surface area contributed by atoms with Crippen molar-refractivity contribution in [3.63, 3.8) is 0 Å². The highest BCUT2D eigenvalue weighted by Gasteiger charge is 2.51. The van der Waals surface area contributed by atoms with Gasteiger partial charge in [0.2, 0.25) is 0 Å². The number of thiazole rings is 1. The number of hydrogen-bond donors (Lipinski definition) is 1. The monoisotopic (exact) mass is 420 g/mol. The number of carboxylic acid groups (broad SMARTS) is 1. The zero-order valence-electron chi connectivity index (χ0n) is 16.0. The van der Waals surface area contributed by atoms with Crippen LogP contribution < -0.4 is 0 Å². The summed E-state index contributed by atoms with van der Waals surface area (Å²) < 4.78 is 37.9. The number of halogens is 3. The number of carbonyl (C=O) groups is 1. The molecule has 2 atom stereocenters. The van der Waals surface area contributed by atoms with Crippen molar-refractivity contribution in [3.05, 3.63) is 16.1 Å². The molecule has 1 saturated heterocycles. The Bertz CT molecular complexity index is 678. The van der Waals surface area contributed by atoms with Crippen molar-refractivity contribution < 1.29 is 27.8 Å². The van der Waals surface area contributed by atoms with Crippen LogP contribution in [-0.4, -0.2) is 52.9 Å². The van der Waals surface area contributed by atoms with Crippen molar-refractivity contribution in [2.75, 3.05) is 19.7 Å². The maximum absolute atomic E-state index is 10.6. The van der Waals surface area contributed by atoms with Gasteiger partial charge in [-0.05, 0) is 38.5 Å². The Morgan fingerprint density at radius 3 is 2.64 bits per heavy atom. The molecule has 0 amide bonds. The van der Waals surface area contributed by atoms with Crippen LogP contribution in [0.25, 0.3) is 0 Å². The number of aromatic nitrogens is 1. The van der Waals surface area contributed by atoms with Gasteiger partial charge >= 0.3 is 12.1 Å². The van der Waals surface area contributed by atoms with Crippen LogP contribution in [-0.2, 0) is 16.1 Å². The minimum atomic E-state index is -5.08. The van der Waals surface area contributed by atoms with Gasteiger partial charge in [0.25, 0.3) is 0 Å². The first-order valence-electron chi connectivity index (χ1n) is 9.72. The fourth-order valence-corrected chi connectivity index (χ4v) is 5.15. The molecule has 2 aliphatic carbocycles. The van der Waals surface area contributed by atoms with E-state index in [9.17, 15) is 13.2 Å². The number of fused-ring (bicyclic) bond motifs is 1. The summed E-state index contributed by atoms with van der Waals surface area (Å²) >= 11 is 1.72. The highest BCUT2D eigenvalue weighted by Crippen LogP contribution is 2.50. The number of rotatable bonds is 5. The van der Waals surface area contributed by atoms with Crippen molar-refractivity contribution in [1.29, 1.82) is 0 Å². The smallest absolute Gasteiger partial charge is 0.475 e. The first-order valence-corrected chi connectivity index (χ1v) is 10.6. The average Bonchev–Trinajstić information content (AvgIpc) is 3.20. The minimum Gasteiger partial charge on any atom is -0.475 e. The Morgan fingerprint density at radius 1 is 1.39 bits per heavy atom. The van der Waals surface area contributed by atoms with E-state index in [1.165, 1.54) is 51.6 Å². The average molecular weight is 420 g/mol. The van der Waals surface area contributed by atoms with Gasteiger partial charge in [0.05, 0.1) is 23.9 Å². The van der Waals surface area contributed by atoms with Crippen molar-refractivity contribution >= 4 is 17.3 Å². The molecule has 0 unspecified atom stereocenters. The molecule has 9 heteroatoms. The highest BCUT2D eigenvalue weighted by atomic mass is 32.1. The van der Waals surface area contributed by atoms with Crippen molar-refractivity contribution in [3.8, 4) is 0 Å². The van der Waals surface area contributed by atoms with Gasteiger partial charge in [0, 0.05) is 29.9 Å². The second kappa shape index (κ2) is 8.67. The lowest BCUT2D eigenvalue weighted by molar-refractivity contribution is -0.192. The number of aryl methyl sites for hydroxylation is 1. The zero-order chi connectivity index (χ0) is 20.4. The van der Waals surface area contributed by atoms with Gasteiger partial charge in [0.1, 0.15) is 0 Å². The fourth-order valence-electron chi connectivity index (χ4n) is 4.56. The van der Waals surface area contributed by atoms with Gasteiger partial charge in [-0.3, -0.25) is 4.90 Å². The van der Waals surface area contributed by atoms with Crippen LogP contribution in [0, 0.1) is 18.3 Å². The van der Waals surface area contributed by atoms with E-state index in [1.807, 2.05) is 0 Å². The molecule has 158 valence electrons. The number of hydrogen-bond acceptors (Lipinski definition) is 5. The van der Waals surface area contributed by atoms with E-state index in [4.69, 9.17) is 14.6 Å². The lowest BCUT2D eigenvalue weighted by Crippen LogP contribution is -2.40.